The molecule has 3 atom stereocenters. The van der Waals surface area contributed by atoms with E-state index < -0.39 is 57.8 Å². The topological polar surface area (TPSA) is 155 Å². The van der Waals surface area contributed by atoms with E-state index in [1.54, 1.807) is 0 Å². The standard InChI is InChI=1S/C66H103O11P/c1-4-7-10-13-16-19-22-25-28-30-31-33-35-37-40-43-46-49-52-55-64(68)73-59-63(77-66(70)57-54-51-48-45-42-39-36-32-29-26-23-20-17-14-11-8-5-2)61-75-78(71,72)74-60-62(58-67)76-65(69)56-53-50-47-44-41-38-34-27-24-21-18-15-12-9-6-3/h7-12,16-21,25-29,31,33-34,36-37,39-41,44,62-63,67H,4-6,13-15,22-24,30,32,35,38,42-43,45-61H2,1-3H3,(H,71,72)/b10-7-,11-8-,12-9-,19-16-,20-17-,21-18-,28-25-,29-26-,33-31-,34-27-,39-36-,40-37-,44-41-. The SMILES string of the molecule is CC/C=C\C/C=C\C/C=C\C/C=C\C/C=C\CCCCCC(=O)OCC(COP(=O)(O)OCC(CO)OC(=O)CCCC/C=C\C/C=C\C/C=C\C/C=C\CC)OC(=O)CCCCCC/C=C\C/C=C\C/C=C\C/C=C\CC. The van der Waals surface area contributed by atoms with Crippen molar-refractivity contribution in [3.63, 3.8) is 0 Å². The van der Waals surface area contributed by atoms with Crippen LogP contribution in [0.15, 0.2) is 158 Å². The summed E-state index contributed by atoms with van der Waals surface area (Å²) in [7, 11) is -4.79. The molecule has 11 nitrogen and oxygen atoms in total. The van der Waals surface area contributed by atoms with Crippen LogP contribution in [0.3, 0.4) is 0 Å². The normalized spacial score (nSPS) is 14.5. The second-order valence-corrected chi connectivity index (χ2v) is 20.1. The van der Waals surface area contributed by atoms with Crippen LogP contribution in [0.5, 0.6) is 0 Å². The Hall–Kier alpha value is -4.90. The van der Waals surface area contributed by atoms with Crippen LogP contribution in [-0.2, 0) is 42.2 Å². The first kappa shape index (κ1) is 73.1. The summed E-state index contributed by atoms with van der Waals surface area (Å²) in [6, 6.07) is 0. The molecule has 0 rings (SSSR count). The van der Waals surface area contributed by atoms with Crippen LogP contribution < -0.4 is 0 Å². The summed E-state index contributed by atoms with van der Waals surface area (Å²) >= 11 is 0. The van der Waals surface area contributed by atoms with Gasteiger partial charge in [0, 0.05) is 19.3 Å². The van der Waals surface area contributed by atoms with E-state index >= 15 is 0 Å². The molecule has 12 heteroatoms. The molecule has 0 amide bonds. The Morgan fingerprint density at radius 2 is 0.628 bits per heavy atom. The average molecular weight is 1100 g/mol. The summed E-state index contributed by atoms with van der Waals surface area (Å²) < 4.78 is 39.5. The monoisotopic (exact) mass is 1100 g/mol. The van der Waals surface area contributed by atoms with Gasteiger partial charge in [-0.25, -0.2) is 4.57 Å². The van der Waals surface area contributed by atoms with E-state index in [0.29, 0.717) is 19.3 Å². The number of phosphoric acid groups is 1. The van der Waals surface area contributed by atoms with E-state index in [1.807, 2.05) is 0 Å². The van der Waals surface area contributed by atoms with Gasteiger partial charge in [0.15, 0.2) is 6.10 Å². The lowest BCUT2D eigenvalue weighted by atomic mass is 10.1. The van der Waals surface area contributed by atoms with Crippen molar-refractivity contribution in [2.24, 2.45) is 0 Å². The Balaban J connectivity index is 4.90. The Bertz CT molecular complexity index is 1910. The van der Waals surface area contributed by atoms with Gasteiger partial charge >= 0.3 is 25.7 Å². The van der Waals surface area contributed by atoms with Crippen LogP contribution in [0, 0.1) is 0 Å². The maximum Gasteiger partial charge on any atom is 0.472 e. The van der Waals surface area contributed by atoms with Gasteiger partial charge in [-0.3, -0.25) is 23.4 Å². The molecular weight excluding hydrogens is 1000 g/mol. The van der Waals surface area contributed by atoms with Gasteiger partial charge in [0.05, 0.1) is 19.8 Å². The van der Waals surface area contributed by atoms with Crippen molar-refractivity contribution in [1.29, 1.82) is 0 Å². The fourth-order valence-corrected chi connectivity index (χ4v) is 7.85. The summed E-state index contributed by atoms with van der Waals surface area (Å²) in [6.45, 7) is 4.16. The van der Waals surface area contributed by atoms with Gasteiger partial charge in [-0.1, -0.05) is 198 Å². The molecule has 438 valence electrons. The van der Waals surface area contributed by atoms with Crippen LogP contribution in [0.25, 0.3) is 0 Å². The van der Waals surface area contributed by atoms with Crippen molar-refractivity contribution < 1.29 is 52.2 Å². The highest BCUT2D eigenvalue weighted by atomic mass is 31.2. The van der Waals surface area contributed by atoms with Gasteiger partial charge in [0.1, 0.15) is 12.7 Å². The van der Waals surface area contributed by atoms with Crippen molar-refractivity contribution in [3.8, 4) is 0 Å². The number of carbonyl (C=O) groups excluding carboxylic acids is 3. The number of unbranched alkanes of at least 4 members (excludes halogenated alkanes) is 9. The predicted molar refractivity (Wildman–Crippen MR) is 325 cm³/mol. The summed E-state index contributed by atoms with van der Waals surface area (Å²) in [5.74, 6) is -1.60. The lowest BCUT2D eigenvalue weighted by Crippen LogP contribution is -2.30. The van der Waals surface area contributed by atoms with Gasteiger partial charge in [0.2, 0.25) is 0 Å². The molecule has 0 aliphatic rings. The molecule has 0 radical (unpaired) electrons. The average Bonchev–Trinajstić information content (AvgIpc) is 3.43. The summed E-state index contributed by atoms with van der Waals surface area (Å²) in [5, 5.41) is 9.82. The van der Waals surface area contributed by atoms with Crippen molar-refractivity contribution in [2.75, 3.05) is 26.4 Å². The van der Waals surface area contributed by atoms with Crippen LogP contribution >= 0.6 is 7.82 Å². The van der Waals surface area contributed by atoms with Crippen molar-refractivity contribution >= 4 is 25.7 Å². The largest absolute Gasteiger partial charge is 0.472 e. The molecule has 0 saturated heterocycles. The number of phosphoric ester groups is 1. The zero-order valence-corrected chi connectivity index (χ0v) is 49.2. The molecule has 0 aliphatic heterocycles. The van der Waals surface area contributed by atoms with Gasteiger partial charge in [-0.2, -0.15) is 0 Å². The van der Waals surface area contributed by atoms with Crippen LogP contribution in [0.1, 0.15) is 201 Å². The lowest BCUT2D eigenvalue weighted by Gasteiger charge is -2.21. The number of aliphatic hydroxyl groups excluding tert-OH is 1. The summed E-state index contributed by atoms with van der Waals surface area (Å²) in [5.41, 5.74) is 0. The smallest absolute Gasteiger partial charge is 0.462 e. The fraction of sp³-hybridized carbons (Fsp3) is 0.561. The van der Waals surface area contributed by atoms with Crippen LogP contribution in [-0.4, -0.2) is 66.5 Å². The Morgan fingerprint density at radius 1 is 0.359 bits per heavy atom. The Morgan fingerprint density at radius 3 is 0.987 bits per heavy atom. The van der Waals surface area contributed by atoms with Crippen molar-refractivity contribution in [2.45, 2.75) is 213 Å². The summed E-state index contributed by atoms with van der Waals surface area (Å²) in [6.07, 6.45) is 76.3. The highest BCUT2D eigenvalue weighted by molar-refractivity contribution is 7.47. The number of allylic oxidation sites excluding steroid dienone is 26. The van der Waals surface area contributed by atoms with E-state index in [4.69, 9.17) is 23.3 Å². The number of esters is 3. The molecule has 0 aromatic carbocycles. The van der Waals surface area contributed by atoms with Crippen molar-refractivity contribution in [3.05, 3.63) is 158 Å². The zero-order valence-electron chi connectivity index (χ0n) is 48.3. The molecule has 0 aromatic heterocycles. The molecule has 0 aliphatic carbocycles. The minimum Gasteiger partial charge on any atom is -0.462 e. The molecule has 2 N–H and O–H groups in total. The minimum absolute atomic E-state index is 0.111. The molecule has 0 spiro atoms. The first-order chi connectivity index (χ1) is 38.2. The van der Waals surface area contributed by atoms with Crippen molar-refractivity contribution in [1.82, 2.24) is 0 Å². The molecule has 0 saturated carbocycles. The maximum absolute atomic E-state index is 12.9. The number of rotatable bonds is 52. The van der Waals surface area contributed by atoms with E-state index in [9.17, 15) is 28.9 Å². The highest BCUT2D eigenvalue weighted by Gasteiger charge is 2.28. The lowest BCUT2D eigenvalue weighted by molar-refractivity contribution is -0.161. The molecule has 78 heavy (non-hydrogen) atoms. The van der Waals surface area contributed by atoms with Gasteiger partial charge in [-0.15, -0.1) is 0 Å². The van der Waals surface area contributed by atoms with E-state index in [-0.39, 0.29) is 25.9 Å². The number of hydrogen-bond acceptors (Lipinski definition) is 10. The van der Waals surface area contributed by atoms with Crippen LogP contribution in [0.4, 0.5) is 0 Å². The fourth-order valence-electron chi connectivity index (χ4n) is 7.07. The first-order valence-corrected chi connectivity index (χ1v) is 30.9. The third-order valence-electron chi connectivity index (χ3n) is 11.4. The predicted octanol–water partition coefficient (Wildman–Crippen LogP) is 17.7. The van der Waals surface area contributed by atoms with Gasteiger partial charge < -0.3 is 24.2 Å². The first-order valence-electron chi connectivity index (χ1n) is 29.4. The molecule has 3 unspecified atom stereocenters. The number of hydrogen-bond donors (Lipinski definition) is 2. The molecular formula is C66H103O11P. The minimum atomic E-state index is -4.79. The van der Waals surface area contributed by atoms with Gasteiger partial charge in [-0.05, 0) is 141 Å². The highest BCUT2D eigenvalue weighted by Crippen LogP contribution is 2.43. The third-order valence-corrected chi connectivity index (χ3v) is 12.4. The van der Waals surface area contributed by atoms with E-state index in [0.717, 1.165) is 141 Å². The summed E-state index contributed by atoms with van der Waals surface area (Å²) in [4.78, 5) is 48.6. The maximum atomic E-state index is 12.9. The second-order valence-electron chi connectivity index (χ2n) is 18.7. The number of ether oxygens (including phenoxy) is 3. The zero-order chi connectivity index (χ0) is 56.9. The molecule has 0 heterocycles. The Labute approximate surface area is 473 Å². The van der Waals surface area contributed by atoms with Gasteiger partial charge in [0.25, 0.3) is 0 Å². The molecule has 0 aromatic rings. The van der Waals surface area contributed by atoms with Crippen LogP contribution in [0.2, 0.25) is 0 Å². The van der Waals surface area contributed by atoms with E-state index in [2.05, 4.69) is 179 Å². The molecule has 0 bridgehead atoms. The number of carbonyl (C=O) groups is 3. The van der Waals surface area contributed by atoms with E-state index in [1.165, 1.54) is 0 Å². The molecule has 0 fully saturated rings. The third kappa shape index (κ3) is 55.8. The second kappa shape index (κ2) is 58.3. The number of aliphatic hydroxyl groups is 1. The quantitative estimate of drug-likeness (QED) is 0.0197. The Kier molecular flexibility index (Phi) is 54.6.